The Kier molecular flexibility index (Phi) is 8.30. The minimum atomic E-state index is -3.42. The van der Waals surface area contributed by atoms with Gasteiger partial charge in [0.1, 0.15) is 12.3 Å². The van der Waals surface area contributed by atoms with E-state index < -0.39 is 15.6 Å². The molecule has 0 radical (unpaired) electrons. The number of rotatable bonds is 9. The van der Waals surface area contributed by atoms with Crippen LogP contribution in [0.5, 0.6) is 5.75 Å². The molecular formula is C29H29ClN4O4S. The van der Waals surface area contributed by atoms with E-state index in [0.29, 0.717) is 49.0 Å². The Balaban J connectivity index is 1.36. The third-order valence-electron chi connectivity index (χ3n) is 6.66. The van der Waals surface area contributed by atoms with E-state index in [1.807, 2.05) is 65.6 Å². The molecule has 5 rings (SSSR count). The van der Waals surface area contributed by atoms with E-state index in [4.69, 9.17) is 16.3 Å². The fourth-order valence-electron chi connectivity index (χ4n) is 4.54. The van der Waals surface area contributed by atoms with Gasteiger partial charge in [-0.3, -0.25) is 4.79 Å². The third kappa shape index (κ3) is 6.50. The van der Waals surface area contributed by atoms with Gasteiger partial charge in [0.25, 0.3) is 0 Å². The summed E-state index contributed by atoms with van der Waals surface area (Å²) in [5.41, 5.74) is 2.56. The normalized spacial score (nSPS) is 14.3. The second kappa shape index (κ2) is 12.0. The highest BCUT2D eigenvalue weighted by molar-refractivity contribution is 7.89. The number of aromatic nitrogens is 2. The molecule has 8 nitrogen and oxygen atoms in total. The molecule has 0 spiro atoms. The number of ether oxygens (including phenoxy) is 1. The summed E-state index contributed by atoms with van der Waals surface area (Å²) >= 11 is 6.15. The molecule has 0 bridgehead atoms. The summed E-state index contributed by atoms with van der Waals surface area (Å²) in [6.07, 6.45) is 2.06. The van der Waals surface area contributed by atoms with Crippen molar-refractivity contribution < 1.29 is 13.2 Å². The fraction of sp³-hybridized carbons (Fsp3) is 0.241. The molecule has 1 fully saturated rings. The number of benzene rings is 3. The maximum atomic E-state index is 13.6. The molecule has 1 aliphatic rings. The summed E-state index contributed by atoms with van der Waals surface area (Å²) in [6.45, 7) is 1.65. The first-order chi connectivity index (χ1) is 18.9. The van der Waals surface area contributed by atoms with Crippen LogP contribution in [0.3, 0.4) is 0 Å². The predicted octanol–water partition coefficient (Wildman–Crippen LogP) is 4.16. The first-order valence-corrected chi connectivity index (χ1v) is 14.7. The summed E-state index contributed by atoms with van der Waals surface area (Å²) in [4.78, 5) is 15.6. The lowest BCUT2D eigenvalue weighted by Gasteiger charge is -2.35. The SMILES string of the molecule is O=c1c(OCc2ccccc2)c(N2CCN(S(=O)(=O)CCc3ccccc3)CC2)cnn1-c1cccc(Cl)c1. The predicted molar refractivity (Wildman–Crippen MR) is 153 cm³/mol. The molecule has 0 atom stereocenters. The largest absolute Gasteiger partial charge is 0.481 e. The Bertz CT molecular complexity index is 1570. The molecule has 10 heteroatoms. The van der Waals surface area contributed by atoms with Gasteiger partial charge >= 0.3 is 5.56 Å². The van der Waals surface area contributed by atoms with Crippen molar-refractivity contribution in [1.29, 1.82) is 0 Å². The minimum absolute atomic E-state index is 0.0552. The molecule has 0 unspecified atom stereocenters. The second-order valence-electron chi connectivity index (χ2n) is 9.27. The van der Waals surface area contributed by atoms with Crippen molar-refractivity contribution in [2.45, 2.75) is 13.0 Å². The molecule has 2 heterocycles. The van der Waals surface area contributed by atoms with Gasteiger partial charge in [-0.2, -0.15) is 14.1 Å². The fourth-order valence-corrected chi connectivity index (χ4v) is 6.20. The van der Waals surface area contributed by atoms with Crippen molar-refractivity contribution in [2.24, 2.45) is 0 Å². The van der Waals surface area contributed by atoms with Crippen LogP contribution < -0.4 is 15.2 Å². The number of piperazine rings is 1. The molecule has 3 aromatic carbocycles. The van der Waals surface area contributed by atoms with E-state index in [-0.39, 0.29) is 18.1 Å². The van der Waals surface area contributed by atoms with Crippen molar-refractivity contribution in [3.63, 3.8) is 0 Å². The lowest BCUT2D eigenvalue weighted by atomic mass is 10.2. The number of anilines is 1. The Labute approximate surface area is 233 Å². The summed E-state index contributed by atoms with van der Waals surface area (Å²) in [5, 5.41) is 4.89. The lowest BCUT2D eigenvalue weighted by molar-refractivity contribution is 0.297. The molecule has 39 heavy (non-hydrogen) atoms. The first-order valence-electron chi connectivity index (χ1n) is 12.7. The van der Waals surface area contributed by atoms with Crippen LogP contribution in [-0.4, -0.2) is 54.4 Å². The van der Waals surface area contributed by atoms with Crippen molar-refractivity contribution in [2.75, 3.05) is 36.8 Å². The van der Waals surface area contributed by atoms with Gasteiger partial charge in [-0.25, -0.2) is 8.42 Å². The van der Waals surface area contributed by atoms with Crippen molar-refractivity contribution in [1.82, 2.24) is 14.1 Å². The van der Waals surface area contributed by atoms with Crippen molar-refractivity contribution in [3.8, 4) is 11.4 Å². The van der Waals surface area contributed by atoms with Gasteiger partial charge in [0.15, 0.2) is 0 Å². The topological polar surface area (TPSA) is 84.7 Å². The van der Waals surface area contributed by atoms with Gasteiger partial charge in [-0.1, -0.05) is 78.3 Å². The van der Waals surface area contributed by atoms with Crippen molar-refractivity contribution >= 4 is 27.3 Å². The Morgan fingerprint density at radius 3 is 2.18 bits per heavy atom. The van der Waals surface area contributed by atoms with Crippen molar-refractivity contribution in [3.05, 3.63) is 118 Å². The number of halogens is 1. The molecule has 1 saturated heterocycles. The monoisotopic (exact) mass is 564 g/mol. The highest BCUT2D eigenvalue weighted by atomic mass is 35.5. The molecule has 0 saturated carbocycles. The Morgan fingerprint density at radius 2 is 1.51 bits per heavy atom. The number of hydrogen-bond donors (Lipinski definition) is 0. The second-order valence-corrected chi connectivity index (χ2v) is 11.8. The van der Waals surface area contributed by atoms with Crippen LogP contribution in [0.1, 0.15) is 11.1 Å². The zero-order valence-corrected chi connectivity index (χ0v) is 22.9. The van der Waals surface area contributed by atoms with Gasteiger partial charge in [0, 0.05) is 31.2 Å². The Hall–Kier alpha value is -3.66. The van der Waals surface area contributed by atoms with Gasteiger partial charge in [-0.15, -0.1) is 0 Å². The highest BCUT2D eigenvalue weighted by Gasteiger charge is 2.29. The van der Waals surface area contributed by atoms with E-state index in [1.165, 1.54) is 8.99 Å². The standard InChI is InChI=1S/C29H29ClN4O4S/c30-25-12-7-13-26(20-25)34-29(35)28(38-22-24-10-5-2-6-11-24)27(21-31-34)32-15-17-33(18-16-32)39(36,37)19-14-23-8-3-1-4-9-23/h1-13,20-21H,14-19,22H2. The van der Waals surface area contributed by atoms with E-state index in [2.05, 4.69) is 5.10 Å². The molecule has 0 aliphatic carbocycles. The quantitative estimate of drug-likeness (QED) is 0.303. The van der Waals surface area contributed by atoms with E-state index >= 15 is 0 Å². The molecule has 4 aromatic rings. The van der Waals surface area contributed by atoms with Crippen LogP contribution in [0.25, 0.3) is 5.69 Å². The average molecular weight is 565 g/mol. The van der Waals surface area contributed by atoms with Gasteiger partial charge < -0.3 is 9.64 Å². The van der Waals surface area contributed by atoms with Crippen LogP contribution in [-0.2, 0) is 23.1 Å². The molecule has 0 N–H and O–H groups in total. The zero-order chi connectivity index (χ0) is 27.2. The van der Waals surface area contributed by atoms with E-state index in [0.717, 1.165) is 11.1 Å². The van der Waals surface area contributed by atoms with Gasteiger partial charge in [-0.05, 0) is 35.7 Å². The highest BCUT2D eigenvalue weighted by Crippen LogP contribution is 2.27. The van der Waals surface area contributed by atoms with Crippen LogP contribution in [0, 0.1) is 0 Å². The van der Waals surface area contributed by atoms with Gasteiger partial charge in [0.05, 0.1) is 17.6 Å². The number of aryl methyl sites for hydroxylation is 1. The van der Waals surface area contributed by atoms with E-state index in [1.54, 1.807) is 30.5 Å². The molecule has 1 aromatic heterocycles. The number of nitrogens with zero attached hydrogens (tertiary/aromatic N) is 4. The van der Waals surface area contributed by atoms with E-state index in [9.17, 15) is 13.2 Å². The first kappa shape index (κ1) is 26.9. The minimum Gasteiger partial charge on any atom is -0.481 e. The van der Waals surface area contributed by atoms with Crippen LogP contribution in [0.2, 0.25) is 5.02 Å². The summed E-state index contributed by atoms with van der Waals surface area (Å²) in [5.74, 6) is 0.217. The van der Waals surface area contributed by atoms with Crippen LogP contribution in [0.4, 0.5) is 5.69 Å². The summed E-state index contributed by atoms with van der Waals surface area (Å²) < 4.78 is 34.9. The van der Waals surface area contributed by atoms with Crippen LogP contribution >= 0.6 is 11.6 Å². The molecule has 0 amide bonds. The average Bonchev–Trinajstić information content (AvgIpc) is 2.96. The summed E-state index contributed by atoms with van der Waals surface area (Å²) in [7, 11) is -3.42. The van der Waals surface area contributed by atoms with Gasteiger partial charge in [0.2, 0.25) is 15.8 Å². The maximum absolute atomic E-state index is 13.6. The molecule has 202 valence electrons. The third-order valence-corrected chi connectivity index (χ3v) is 8.76. The smallest absolute Gasteiger partial charge is 0.316 e. The van der Waals surface area contributed by atoms with Crippen LogP contribution in [0.15, 0.2) is 95.9 Å². The number of sulfonamides is 1. The lowest BCUT2D eigenvalue weighted by Crippen LogP contribution is -2.50. The molecule has 1 aliphatic heterocycles. The number of hydrogen-bond acceptors (Lipinski definition) is 6. The summed E-state index contributed by atoms with van der Waals surface area (Å²) in [6, 6.07) is 26.1. The Morgan fingerprint density at radius 1 is 0.846 bits per heavy atom. The maximum Gasteiger partial charge on any atom is 0.316 e. The zero-order valence-electron chi connectivity index (χ0n) is 21.3. The molecular weight excluding hydrogens is 536 g/mol.